The SMILES string of the molecule is CCC(C)(CCBr)NC(=O)CC1CCCCC1. The zero-order valence-electron chi connectivity index (χ0n) is 11.2. The standard InChI is InChI=1S/C14H26BrNO/c1-3-14(2,9-10-15)16-13(17)11-12-7-5-4-6-8-12/h12H,3-11H2,1-2H3,(H,16,17). The van der Waals surface area contributed by atoms with Crippen molar-refractivity contribution in [3.63, 3.8) is 0 Å². The third kappa shape index (κ3) is 5.41. The van der Waals surface area contributed by atoms with Gasteiger partial charge in [-0.1, -0.05) is 42.1 Å². The summed E-state index contributed by atoms with van der Waals surface area (Å²) < 4.78 is 0. The van der Waals surface area contributed by atoms with E-state index in [9.17, 15) is 4.79 Å². The lowest BCUT2D eigenvalue weighted by molar-refractivity contribution is -0.124. The Labute approximate surface area is 114 Å². The van der Waals surface area contributed by atoms with E-state index in [1.54, 1.807) is 0 Å². The Balaban J connectivity index is 2.36. The molecule has 0 spiro atoms. The molecule has 0 bridgehead atoms. The number of hydrogen-bond donors (Lipinski definition) is 1. The van der Waals surface area contributed by atoms with Gasteiger partial charge in [0.05, 0.1) is 0 Å². The first kappa shape index (κ1) is 15.0. The molecule has 0 radical (unpaired) electrons. The van der Waals surface area contributed by atoms with Crippen molar-refractivity contribution in [3.05, 3.63) is 0 Å². The molecule has 1 fully saturated rings. The molecule has 0 aromatic carbocycles. The van der Waals surface area contributed by atoms with Gasteiger partial charge in [0, 0.05) is 17.3 Å². The van der Waals surface area contributed by atoms with Crippen LogP contribution in [0.3, 0.4) is 0 Å². The fraction of sp³-hybridized carbons (Fsp3) is 0.929. The number of halogens is 1. The van der Waals surface area contributed by atoms with Crippen LogP contribution in [0.4, 0.5) is 0 Å². The minimum atomic E-state index is -0.0325. The van der Waals surface area contributed by atoms with Gasteiger partial charge in [0.2, 0.25) is 5.91 Å². The summed E-state index contributed by atoms with van der Waals surface area (Å²) in [6.45, 7) is 4.29. The summed E-state index contributed by atoms with van der Waals surface area (Å²) in [7, 11) is 0. The van der Waals surface area contributed by atoms with Crippen molar-refractivity contribution in [2.24, 2.45) is 5.92 Å². The third-order valence-corrected chi connectivity index (χ3v) is 4.46. The maximum Gasteiger partial charge on any atom is 0.220 e. The number of carbonyl (C=O) groups is 1. The van der Waals surface area contributed by atoms with Gasteiger partial charge in [0.25, 0.3) is 0 Å². The number of rotatable bonds is 6. The molecule has 1 saturated carbocycles. The van der Waals surface area contributed by atoms with Gasteiger partial charge in [0.1, 0.15) is 0 Å². The van der Waals surface area contributed by atoms with Gasteiger partial charge in [0.15, 0.2) is 0 Å². The minimum Gasteiger partial charge on any atom is -0.351 e. The summed E-state index contributed by atoms with van der Waals surface area (Å²) in [5, 5.41) is 4.17. The molecule has 100 valence electrons. The van der Waals surface area contributed by atoms with E-state index in [1.165, 1.54) is 32.1 Å². The van der Waals surface area contributed by atoms with Crippen molar-refractivity contribution < 1.29 is 4.79 Å². The lowest BCUT2D eigenvalue weighted by atomic mass is 9.86. The lowest BCUT2D eigenvalue weighted by Crippen LogP contribution is -2.46. The molecule has 17 heavy (non-hydrogen) atoms. The number of hydrogen-bond acceptors (Lipinski definition) is 1. The predicted octanol–water partition coefficient (Wildman–Crippen LogP) is 4.03. The lowest BCUT2D eigenvalue weighted by Gasteiger charge is -2.30. The predicted molar refractivity (Wildman–Crippen MR) is 76.4 cm³/mol. The van der Waals surface area contributed by atoms with Gasteiger partial charge in [-0.05, 0) is 38.5 Å². The molecule has 0 aromatic rings. The van der Waals surface area contributed by atoms with E-state index in [1.807, 2.05) is 0 Å². The first-order valence-corrected chi connectivity index (χ1v) is 8.09. The minimum absolute atomic E-state index is 0.0325. The van der Waals surface area contributed by atoms with Crippen LogP contribution in [-0.2, 0) is 4.79 Å². The van der Waals surface area contributed by atoms with E-state index in [4.69, 9.17) is 0 Å². The molecule has 1 amide bonds. The van der Waals surface area contributed by atoms with E-state index >= 15 is 0 Å². The van der Waals surface area contributed by atoms with Crippen molar-refractivity contribution in [3.8, 4) is 0 Å². The van der Waals surface area contributed by atoms with Gasteiger partial charge >= 0.3 is 0 Å². The fourth-order valence-corrected chi connectivity index (χ4v) is 3.45. The molecule has 1 rings (SSSR count). The Morgan fingerprint density at radius 2 is 2.00 bits per heavy atom. The molecule has 0 aromatic heterocycles. The molecular weight excluding hydrogens is 278 g/mol. The Kier molecular flexibility index (Phi) is 6.53. The highest BCUT2D eigenvalue weighted by molar-refractivity contribution is 9.09. The summed E-state index contributed by atoms with van der Waals surface area (Å²) in [5.41, 5.74) is -0.0325. The molecule has 1 aliphatic carbocycles. The Morgan fingerprint density at radius 1 is 1.35 bits per heavy atom. The average molecular weight is 304 g/mol. The van der Waals surface area contributed by atoms with Gasteiger partial charge in [-0.25, -0.2) is 0 Å². The van der Waals surface area contributed by atoms with E-state index in [-0.39, 0.29) is 11.4 Å². The topological polar surface area (TPSA) is 29.1 Å². The maximum absolute atomic E-state index is 12.0. The van der Waals surface area contributed by atoms with Gasteiger partial charge in [-0.2, -0.15) is 0 Å². The van der Waals surface area contributed by atoms with Gasteiger partial charge in [-0.15, -0.1) is 0 Å². The molecule has 0 saturated heterocycles. The van der Waals surface area contributed by atoms with Crippen LogP contribution in [0.5, 0.6) is 0 Å². The summed E-state index contributed by atoms with van der Waals surface area (Å²) in [6, 6.07) is 0. The molecule has 2 nitrogen and oxygen atoms in total. The highest BCUT2D eigenvalue weighted by Gasteiger charge is 2.25. The van der Waals surface area contributed by atoms with Crippen molar-refractivity contribution in [2.75, 3.05) is 5.33 Å². The van der Waals surface area contributed by atoms with E-state index in [0.717, 1.165) is 24.6 Å². The van der Waals surface area contributed by atoms with E-state index in [2.05, 4.69) is 35.1 Å². The second-order valence-corrected chi connectivity index (χ2v) is 6.40. The number of alkyl halides is 1. The molecule has 1 aliphatic rings. The molecular formula is C14H26BrNO. The summed E-state index contributed by atoms with van der Waals surface area (Å²) in [4.78, 5) is 12.0. The van der Waals surface area contributed by atoms with Crippen LogP contribution >= 0.6 is 15.9 Å². The molecule has 0 aliphatic heterocycles. The maximum atomic E-state index is 12.0. The second kappa shape index (κ2) is 7.40. The highest BCUT2D eigenvalue weighted by atomic mass is 79.9. The van der Waals surface area contributed by atoms with Crippen molar-refractivity contribution in [1.29, 1.82) is 0 Å². The van der Waals surface area contributed by atoms with Gasteiger partial charge in [-0.3, -0.25) is 4.79 Å². The number of nitrogens with one attached hydrogen (secondary N) is 1. The van der Waals surface area contributed by atoms with Crippen molar-refractivity contribution in [1.82, 2.24) is 5.32 Å². The van der Waals surface area contributed by atoms with E-state index < -0.39 is 0 Å². The van der Waals surface area contributed by atoms with Crippen molar-refractivity contribution in [2.45, 2.75) is 70.8 Å². The van der Waals surface area contributed by atoms with Gasteiger partial charge < -0.3 is 5.32 Å². The number of amides is 1. The zero-order valence-corrected chi connectivity index (χ0v) is 12.8. The molecule has 1 atom stereocenters. The zero-order chi connectivity index (χ0) is 12.7. The Morgan fingerprint density at radius 3 is 2.53 bits per heavy atom. The monoisotopic (exact) mass is 303 g/mol. The summed E-state index contributed by atoms with van der Waals surface area (Å²) in [6.07, 6.45) is 9.19. The first-order chi connectivity index (χ1) is 8.09. The highest BCUT2D eigenvalue weighted by Crippen LogP contribution is 2.26. The third-order valence-electron chi connectivity index (χ3n) is 4.07. The van der Waals surface area contributed by atoms with Crippen LogP contribution in [0.25, 0.3) is 0 Å². The van der Waals surface area contributed by atoms with Crippen LogP contribution in [0.2, 0.25) is 0 Å². The van der Waals surface area contributed by atoms with Crippen molar-refractivity contribution >= 4 is 21.8 Å². The molecule has 3 heteroatoms. The van der Waals surface area contributed by atoms with Crippen LogP contribution in [0, 0.1) is 5.92 Å². The van der Waals surface area contributed by atoms with Crippen LogP contribution < -0.4 is 5.32 Å². The summed E-state index contributed by atoms with van der Waals surface area (Å²) >= 11 is 3.46. The number of carbonyl (C=O) groups excluding carboxylic acids is 1. The summed E-state index contributed by atoms with van der Waals surface area (Å²) in [5.74, 6) is 0.885. The largest absolute Gasteiger partial charge is 0.351 e. The Hall–Kier alpha value is -0.0500. The smallest absolute Gasteiger partial charge is 0.220 e. The van der Waals surface area contributed by atoms with Crippen LogP contribution in [0.15, 0.2) is 0 Å². The quantitative estimate of drug-likeness (QED) is 0.738. The Bertz CT molecular complexity index is 238. The molecule has 0 heterocycles. The van der Waals surface area contributed by atoms with Crippen LogP contribution in [0.1, 0.15) is 65.2 Å². The molecule has 1 unspecified atom stereocenters. The van der Waals surface area contributed by atoms with Crippen LogP contribution in [-0.4, -0.2) is 16.8 Å². The normalized spacial score (nSPS) is 20.9. The first-order valence-electron chi connectivity index (χ1n) is 6.96. The molecule has 1 N–H and O–H groups in total. The average Bonchev–Trinajstić information content (AvgIpc) is 2.30. The fourth-order valence-electron chi connectivity index (χ4n) is 2.58. The van der Waals surface area contributed by atoms with E-state index in [0.29, 0.717) is 5.92 Å². The second-order valence-electron chi connectivity index (χ2n) is 5.61.